The Kier molecular flexibility index (Phi) is 5.05. The molecule has 19 heavy (non-hydrogen) atoms. The van der Waals surface area contributed by atoms with Crippen LogP contribution in [0.5, 0.6) is 11.5 Å². The van der Waals surface area contributed by atoms with Gasteiger partial charge < -0.3 is 19.9 Å². The van der Waals surface area contributed by atoms with Gasteiger partial charge in [0.2, 0.25) is 0 Å². The van der Waals surface area contributed by atoms with Crippen LogP contribution in [0.1, 0.15) is 37.8 Å². The number of rotatable bonds is 5. The van der Waals surface area contributed by atoms with Crippen LogP contribution in [0.25, 0.3) is 0 Å². The third-order valence-corrected chi connectivity index (χ3v) is 3.53. The lowest BCUT2D eigenvalue weighted by Gasteiger charge is -2.23. The number of fused-ring (bicyclic) bond motifs is 1. The van der Waals surface area contributed by atoms with Crippen molar-refractivity contribution in [2.24, 2.45) is 0 Å². The summed E-state index contributed by atoms with van der Waals surface area (Å²) in [5.41, 5.74) is 1.15. The lowest BCUT2D eigenvalue weighted by molar-refractivity contribution is 0.261. The molecular weight excluding hydrogens is 242 g/mol. The molecule has 0 saturated heterocycles. The van der Waals surface area contributed by atoms with Crippen LogP contribution in [0.15, 0.2) is 18.2 Å². The van der Waals surface area contributed by atoms with Crippen LogP contribution >= 0.6 is 0 Å². The highest BCUT2D eigenvalue weighted by Crippen LogP contribution is 2.34. The molecule has 0 radical (unpaired) electrons. The van der Waals surface area contributed by atoms with E-state index in [2.05, 4.69) is 12.2 Å². The zero-order chi connectivity index (χ0) is 13.7. The molecular formula is C15H23NO3. The molecule has 0 fully saturated rings. The molecule has 0 spiro atoms. The number of hydrogen-bond acceptors (Lipinski definition) is 4. The van der Waals surface area contributed by atoms with Gasteiger partial charge in [-0.15, -0.1) is 0 Å². The van der Waals surface area contributed by atoms with E-state index >= 15 is 0 Å². The second-order valence-electron chi connectivity index (χ2n) is 5.03. The Hall–Kier alpha value is -1.26. The van der Waals surface area contributed by atoms with Crippen LogP contribution < -0.4 is 14.8 Å². The molecule has 1 aliphatic rings. The van der Waals surface area contributed by atoms with E-state index in [0.29, 0.717) is 0 Å². The number of ether oxygens (including phenoxy) is 2. The van der Waals surface area contributed by atoms with Crippen molar-refractivity contribution in [2.45, 2.75) is 38.3 Å². The molecule has 0 aliphatic carbocycles. The fraction of sp³-hybridized carbons (Fsp3) is 0.600. The van der Waals surface area contributed by atoms with Gasteiger partial charge in [0.15, 0.2) is 0 Å². The van der Waals surface area contributed by atoms with Gasteiger partial charge in [-0.3, -0.25) is 0 Å². The molecule has 4 nitrogen and oxygen atoms in total. The van der Waals surface area contributed by atoms with Gasteiger partial charge in [0, 0.05) is 24.3 Å². The lowest BCUT2D eigenvalue weighted by Crippen LogP contribution is -2.31. The fourth-order valence-electron chi connectivity index (χ4n) is 2.48. The van der Waals surface area contributed by atoms with Crippen LogP contribution in [-0.2, 0) is 0 Å². The normalized spacial score (nSPS) is 20.1. The molecule has 0 bridgehead atoms. The SMILES string of the molecule is COc1ccc2c(c1)C(N[C@H](C)CCO)CCCO2. The summed E-state index contributed by atoms with van der Waals surface area (Å²) in [4.78, 5) is 0. The first-order valence-corrected chi connectivity index (χ1v) is 6.92. The first-order valence-electron chi connectivity index (χ1n) is 6.92. The van der Waals surface area contributed by atoms with Gasteiger partial charge in [-0.25, -0.2) is 0 Å². The Morgan fingerprint density at radius 3 is 3.11 bits per heavy atom. The van der Waals surface area contributed by atoms with Crippen molar-refractivity contribution in [1.82, 2.24) is 5.32 Å². The highest BCUT2D eigenvalue weighted by atomic mass is 16.5. The Labute approximate surface area is 114 Å². The average molecular weight is 265 g/mol. The second kappa shape index (κ2) is 6.78. The monoisotopic (exact) mass is 265 g/mol. The van der Waals surface area contributed by atoms with E-state index in [-0.39, 0.29) is 18.7 Å². The van der Waals surface area contributed by atoms with Gasteiger partial charge in [0.25, 0.3) is 0 Å². The minimum absolute atomic E-state index is 0.211. The predicted molar refractivity (Wildman–Crippen MR) is 74.8 cm³/mol. The smallest absolute Gasteiger partial charge is 0.124 e. The average Bonchev–Trinajstić information content (AvgIpc) is 2.61. The number of aliphatic hydroxyl groups excluding tert-OH is 1. The van der Waals surface area contributed by atoms with Crippen molar-refractivity contribution in [1.29, 1.82) is 0 Å². The number of methoxy groups -OCH3 is 1. The zero-order valence-electron chi connectivity index (χ0n) is 11.7. The van der Waals surface area contributed by atoms with Crippen molar-refractivity contribution in [3.05, 3.63) is 23.8 Å². The number of nitrogens with one attached hydrogen (secondary N) is 1. The molecule has 1 unspecified atom stereocenters. The summed E-state index contributed by atoms with van der Waals surface area (Å²) >= 11 is 0. The van der Waals surface area contributed by atoms with Gasteiger partial charge >= 0.3 is 0 Å². The molecule has 1 aromatic rings. The van der Waals surface area contributed by atoms with E-state index in [4.69, 9.17) is 14.6 Å². The highest BCUT2D eigenvalue weighted by molar-refractivity contribution is 5.42. The molecule has 4 heteroatoms. The van der Waals surface area contributed by atoms with Crippen LogP contribution in [0.2, 0.25) is 0 Å². The van der Waals surface area contributed by atoms with Crippen molar-refractivity contribution in [3.63, 3.8) is 0 Å². The summed E-state index contributed by atoms with van der Waals surface area (Å²) in [6.45, 7) is 3.07. The maximum Gasteiger partial charge on any atom is 0.124 e. The molecule has 1 aromatic carbocycles. The predicted octanol–water partition coefficient (Wildman–Crippen LogP) is 2.27. The number of hydrogen-bond donors (Lipinski definition) is 2. The number of aliphatic hydroxyl groups is 1. The topological polar surface area (TPSA) is 50.7 Å². The van der Waals surface area contributed by atoms with E-state index in [0.717, 1.165) is 42.9 Å². The Balaban J connectivity index is 2.20. The van der Waals surface area contributed by atoms with E-state index in [1.54, 1.807) is 7.11 Å². The molecule has 1 aliphatic heterocycles. The quantitative estimate of drug-likeness (QED) is 0.857. The third-order valence-electron chi connectivity index (χ3n) is 3.53. The Morgan fingerprint density at radius 2 is 2.37 bits per heavy atom. The lowest BCUT2D eigenvalue weighted by atomic mass is 10.0. The highest BCUT2D eigenvalue weighted by Gasteiger charge is 2.21. The van der Waals surface area contributed by atoms with Crippen molar-refractivity contribution >= 4 is 0 Å². The summed E-state index contributed by atoms with van der Waals surface area (Å²) in [7, 11) is 1.68. The van der Waals surface area contributed by atoms with Crippen molar-refractivity contribution in [2.75, 3.05) is 20.3 Å². The summed E-state index contributed by atoms with van der Waals surface area (Å²) < 4.78 is 11.1. The van der Waals surface area contributed by atoms with E-state index in [1.807, 2.05) is 18.2 Å². The van der Waals surface area contributed by atoms with E-state index in [9.17, 15) is 0 Å². The maximum absolute atomic E-state index is 9.01. The zero-order valence-corrected chi connectivity index (χ0v) is 11.7. The van der Waals surface area contributed by atoms with Crippen molar-refractivity contribution < 1.29 is 14.6 Å². The summed E-state index contributed by atoms with van der Waals surface area (Å²) in [5.74, 6) is 1.79. The minimum Gasteiger partial charge on any atom is -0.497 e. The molecule has 0 amide bonds. The van der Waals surface area contributed by atoms with Crippen LogP contribution in [0.3, 0.4) is 0 Å². The Bertz CT molecular complexity index is 408. The van der Waals surface area contributed by atoms with E-state index in [1.165, 1.54) is 0 Å². The molecule has 2 N–H and O–H groups in total. The molecule has 106 valence electrons. The Morgan fingerprint density at radius 1 is 1.53 bits per heavy atom. The summed E-state index contributed by atoms with van der Waals surface area (Å²) in [6.07, 6.45) is 2.83. The molecule has 1 heterocycles. The largest absolute Gasteiger partial charge is 0.497 e. The van der Waals surface area contributed by atoms with Gasteiger partial charge in [-0.1, -0.05) is 0 Å². The third kappa shape index (κ3) is 3.61. The first-order chi connectivity index (χ1) is 9.24. The van der Waals surface area contributed by atoms with Crippen LogP contribution in [0, 0.1) is 0 Å². The first kappa shape index (κ1) is 14.2. The van der Waals surface area contributed by atoms with Gasteiger partial charge in [0.1, 0.15) is 11.5 Å². The van der Waals surface area contributed by atoms with E-state index < -0.39 is 0 Å². The second-order valence-corrected chi connectivity index (χ2v) is 5.03. The van der Waals surface area contributed by atoms with Gasteiger partial charge in [-0.2, -0.15) is 0 Å². The molecule has 2 atom stereocenters. The molecule has 0 aromatic heterocycles. The maximum atomic E-state index is 9.01. The molecule has 0 saturated carbocycles. The standard InChI is InChI=1S/C15H23NO3/c1-11(7-8-17)16-14-4-3-9-19-15-6-5-12(18-2)10-13(14)15/h5-6,10-11,14,16-17H,3-4,7-9H2,1-2H3/t11-,14?/m1/s1. The fourth-order valence-corrected chi connectivity index (χ4v) is 2.48. The molecule has 2 rings (SSSR count). The van der Waals surface area contributed by atoms with Gasteiger partial charge in [-0.05, 0) is 44.4 Å². The summed E-state index contributed by atoms with van der Waals surface area (Å²) in [6, 6.07) is 6.49. The number of benzene rings is 1. The summed E-state index contributed by atoms with van der Waals surface area (Å²) in [5, 5.41) is 12.6. The van der Waals surface area contributed by atoms with Crippen LogP contribution in [-0.4, -0.2) is 31.5 Å². The van der Waals surface area contributed by atoms with Crippen molar-refractivity contribution in [3.8, 4) is 11.5 Å². The van der Waals surface area contributed by atoms with Crippen LogP contribution in [0.4, 0.5) is 0 Å². The minimum atomic E-state index is 0.211. The van der Waals surface area contributed by atoms with Gasteiger partial charge in [0.05, 0.1) is 13.7 Å².